The number of ether oxygens (including phenoxy) is 1. The lowest BCUT2D eigenvalue weighted by molar-refractivity contribution is 0.414. The lowest BCUT2D eigenvalue weighted by Gasteiger charge is -2.13. The average molecular weight is 258 g/mol. The number of nitrogens with zero attached hydrogens (tertiary/aromatic N) is 1. The zero-order valence-corrected chi connectivity index (χ0v) is 11.7. The molecule has 0 saturated heterocycles. The summed E-state index contributed by atoms with van der Waals surface area (Å²) in [7, 11) is 1.69. The van der Waals surface area contributed by atoms with Crippen molar-refractivity contribution in [1.82, 2.24) is 4.57 Å². The number of benzene rings is 1. The Balaban J connectivity index is 2.12. The Labute approximate surface area is 115 Å². The highest BCUT2D eigenvalue weighted by Gasteiger charge is 2.06. The number of hydrogen-bond donors (Lipinski definition) is 1. The molecule has 0 aliphatic heterocycles. The van der Waals surface area contributed by atoms with E-state index in [2.05, 4.69) is 42.0 Å². The van der Waals surface area contributed by atoms with Gasteiger partial charge in [0.05, 0.1) is 7.11 Å². The van der Waals surface area contributed by atoms with Crippen molar-refractivity contribution in [2.45, 2.75) is 32.4 Å². The zero-order chi connectivity index (χ0) is 13.7. The fourth-order valence-electron chi connectivity index (χ4n) is 2.17. The topological polar surface area (TPSA) is 40.2 Å². The Bertz CT molecular complexity index is 519. The number of methoxy groups -OCH3 is 1. The fraction of sp³-hybridized carbons (Fsp3) is 0.375. The summed E-state index contributed by atoms with van der Waals surface area (Å²) >= 11 is 0. The van der Waals surface area contributed by atoms with Crippen LogP contribution in [0, 0.1) is 0 Å². The molecule has 1 aromatic carbocycles. The van der Waals surface area contributed by atoms with Crippen LogP contribution >= 0.6 is 0 Å². The van der Waals surface area contributed by atoms with Crippen molar-refractivity contribution in [3.05, 3.63) is 53.9 Å². The van der Waals surface area contributed by atoms with Gasteiger partial charge >= 0.3 is 0 Å². The van der Waals surface area contributed by atoms with Gasteiger partial charge < -0.3 is 15.0 Å². The number of nitrogens with two attached hydrogens (primary N) is 1. The highest BCUT2D eigenvalue weighted by atomic mass is 16.5. The summed E-state index contributed by atoms with van der Waals surface area (Å²) in [6, 6.07) is 12.6. The molecule has 0 spiro atoms. The molecular formula is C16H22N2O. The van der Waals surface area contributed by atoms with Crippen LogP contribution in [0.1, 0.15) is 24.6 Å². The van der Waals surface area contributed by atoms with Crippen LogP contribution < -0.4 is 10.5 Å². The first-order chi connectivity index (χ1) is 9.22. The summed E-state index contributed by atoms with van der Waals surface area (Å²) < 4.78 is 7.51. The maximum absolute atomic E-state index is 6.04. The molecule has 3 nitrogen and oxygen atoms in total. The minimum absolute atomic E-state index is 0.235. The van der Waals surface area contributed by atoms with Crippen molar-refractivity contribution in [3.63, 3.8) is 0 Å². The van der Waals surface area contributed by atoms with E-state index in [1.807, 2.05) is 12.1 Å². The minimum Gasteiger partial charge on any atom is -0.497 e. The fourth-order valence-corrected chi connectivity index (χ4v) is 2.17. The van der Waals surface area contributed by atoms with E-state index < -0.39 is 0 Å². The van der Waals surface area contributed by atoms with Gasteiger partial charge in [0, 0.05) is 30.9 Å². The number of rotatable bonds is 6. The second-order valence-electron chi connectivity index (χ2n) is 4.85. The second-order valence-corrected chi connectivity index (χ2v) is 4.85. The molecule has 2 aromatic rings. The number of aromatic nitrogens is 1. The molecule has 19 heavy (non-hydrogen) atoms. The van der Waals surface area contributed by atoms with E-state index in [0.717, 1.165) is 25.1 Å². The van der Waals surface area contributed by atoms with Gasteiger partial charge in [0.2, 0.25) is 0 Å². The highest BCUT2D eigenvalue weighted by Crippen LogP contribution is 2.15. The quantitative estimate of drug-likeness (QED) is 0.865. The van der Waals surface area contributed by atoms with Crippen LogP contribution in [0.3, 0.4) is 0 Å². The van der Waals surface area contributed by atoms with Gasteiger partial charge in [-0.3, -0.25) is 0 Å². The van der Waals surface area contributed by atoms with Gasteiger partial charge in [-0.15, -0.1) is 0 Å². The summed E-state index contributed by atoms with van der Waals surface area (Å²) in [5.74, 6) is 0.900. The Hall–Kier alpha value is -1.74. The zero-order valence-electron chi connectivity index (χ0n) is 11.7. The van der Waals surface area contributed by atoms with Crippen molar-refractivity contribution >= 4 is 0 Å². The van der Waals surface area contributed by atoms with Gasteiger partial charge in [0.25, 0.3) is 0 Å². The van der Waals surface area contributed by atoms with Gasteiger partial charge in [-0.05, 0) is 36.2 Å². The Morgan fingerprint density at radius 2 is 2.11 bits per heavy atom. The van der Waals surface area contributed by atoms with E-state index in [9.17, 15) is 0 Å². The first-order valence-electron chi connectivity index (χ1n) is 6.75. The second kappa shape index (κ2) is 6.43. The van der Waals surface area contributed by atoms with Crippen LogP contribution in [0.2, 0.25) is 0 Å². The predicted octanol–water partition coefficient (Wildman–Crippen LogP) is 2.82. The molecule has 0 radical (unpaired) electrons. The molecular weight excluding hydrogens is 236 g/mol. The third-order valence-electron chi connectivity index (χ3n) is 3.41. The normalized spacial score (nSPS) is 12.4. The van der Waals surface area contributed by atoms with Crippen molar-refractivity contribution in [3.8, 4) is 5.75 Å². The van der Waals surface area contributed by atoms with E-state index in [0.29, 0.717) is 0 Å². The van der Waals surface area contributed by atoms with E-state index in [4.69, 9.17) is 10.5 Å². The molecule has 1 atom stereocenters. The van der Waals surface area contributed by atoms with E-state index in [1.54, 1.807) is 7.11 Å². The molecule has 0 saturated carbocycles. The molecule has 1 heterocycles. The van der Waals surface area contributed by atoms with E-state index in [1.165, 1.54) is 11.3 Å². The van der Waals surface area contributed by atoms with Crippen LogP contribution in [-0.4, -0.2) is 17.7 Å². The first-order valence-corrected chi connectivity index (χ1v) is 6.75. The van der Waals surface area contributed by atoms with Crippen LogP contribution in [-0.2, 0) is 13.0 Å². The Morgan fingerprint density at radius 1 is 1.26 bits per heavy atom. The summed E-state index contributed by atoms with van der Waals surface area (Å²) in [5.41, 5.74) is 8.57. The summed E-state index contributed by atoms with van der Waals surface area (Å²) in [5, 5.41) is 0. The van der Waals surface area contributed by atoms with Crippen molar-refractivity contribution in [2.24, 2.45) is 5.73 Å². The third kappa shape index (κ3) is 3.61. The largest absolute Gasteiger partial charge is 0.497 e. The smallest absolute Gasteiger partial charge is 0.119 e. The van der Waals surface area contributed by atoms with Gasteiger partial charge in [-0.25, -0.2) is 0 Å². The molecule has 1 aromatic heterocycles. The molecule has 3 heteroatoms. The van der Waals surface area contributed by atoms with Crippen LogP contribution in [0.25, 0.3) is 0 Å². The minimum atomic E-state index is 0.235. The predicted molar refractivity (Wildman–Crippen MR) is 78.5 cm³/mol. The molecule has 0 aliphatic carbocycles. The SMILES string of the molecule is CCC(N)Cc1cccn1Cc1cccc(OC)c1. The summed E-state index contributed by atoms with van der Waals surface area (Å²) in [4.78, 5) is 0. The number of hydrogen-bond acceptors (Lipinski definition) is 2. The average Bonchev–Trinajstić information content (AvgIpc) is 2.86. The monoisotopic (exact) mass is 258 g/mol. The van der Waals surface area contributed by atoms with E-state index >= 15 is 0 Å². The Kier molecular flexibility index (Phi) is 4.63. The molecule has 0 amide bonds. The van der Waals surface area contributed by atoms with Crippen molar-refractivity contribution < 1.29 is 4.74 Å². The van der Waals surface area contributed by atoms with Gasteiger partial charge in [0.15, 0.2) is 0 Å². The molecule has 0 fully saturated rings. The molecule has 0 aliphatic rings. The third-order valence-corrected chi connectivity index (χ3v) is 3.41. The molecule has 2 rings (SSSR count). The highest BCUT2D eigenvalue weighted by molar-refractivity contribution is 5.29. The molecule has 102 valence electrons. The standard InChI is InChI=1S/C16H22N2O/c1-3-14(17)11-15-7-5-9-18(15)12-13-6-4-8-16(10-13)19-2/h4-10,14H,3,11-12,17H2,1-2H3. The van der Waals surface area contributed by atoms with Crippen LogP contribution in [0.5, 0.6) is 5.75 Å². The van der Waals surface area contributed by atoms with Crippen LogP contribution in [0.4, 0.5) is 0 Å². The van der Waals surface area contributed by atoms with Crippen molar-refractivity contribution in [2.75, 3.05) is 7.11 Å². The maximum atomic E-state index is 6.04. The van der Waals surface area contributed by atoms with Gasteiger partial charge in [0.1, 0.15) is 5.75 Å². The van der Waals surface area contributed by atoms with Gasteiger partial charge in [-0.2, -0.15) is 0 Å². The van der Waals surface area contributed by atoms with E-state index in [-0.39, 0.29) is 6.04 Å². The first kappa shape index (κ1) is 13.7. The summed E-state index contributed by atoms with van der Waals surface area (Å²) in [6.07, 6.45) is 4.04. The lowest BCUT2D eigenvalue weighted by Crippen LogP contribution is -2.23. The molecule has 2 N–H and O–H groups in total. The maximum Gasteiger partial charge on any atom is 0.119 e. The molecule has 1 unspecified atom stereocenters. The van der Waals surface area contributed by atoms with Gasteiger partial charge in [-0.1, -0.05) is 19.1 Å². The molecule has 0 bridgehead atoms. The Morgan fingerprint density at radius 3 is 2.84 bits per heavy atom. The lowest BCUT2D eigenvalue weighted by atomic mass is 10.1. The van der Waals surface area contributed by atoms with Crippen molar-refractivity contribution in [1.29, 1.82) is 0 Å². The summed E-state index contributed by atoms with van der Waals surface area (Å²) in [6.45, 7) is 2.98. The van der Waals surface area contributed by atoms with Crippen LogP contribution in [0.15, 0.2) is 42.6 Å².